The number of non-ortho nitro benzene ring substituents is 1. The first kappa shape index (κ1) is 35.4. The highest BCUT2D eigenvalue weighted by Gasteiger charge is 2.27. The van der Waals surface area contributed by atoms with E-state index in [4.69, 9.17) is 0 Å². The van der Waals surface area contributed by atoms with Crippen LogP contribution in [-0.2, 0) is 4.79 Å². The Morgan fingerprint density at radius 2 is 1.50 bits per heavy atom. The van der Waals surface area contributed by atoms with Crippen LogP contribution in [-0.4, -0.2) is 67.9 Å². The molecule has 12 heteroatoms. The van der Waals surface area contributed by atoms with Gasteiger partial charge in [-0.3, -0.25) is 14.9 Å². The second-order valence-electron chi connectivity index (χ2n) is 11.2. The molecule has 0 saturated carbocycles. The molecule has 0 aliphatic carbocycles. The SMILES string of the molecule is CCCCCCCCCCCCCC[C@@H](O)[C@@H](O)[C@H](CO)NC(=O)CCCCCNc1ccc([N+](=O)[O-])c2nonc12. The third kappa shape index (κ3) is 13.0. The van der Waals surface area contributed by atoms with Gasteiger partial charge in [-0.25, -0.2) is 4.63 Å². The molecular weight excluding hydrogens is 542 g/mol. The van der Waals surface area contributed by atoms with Gasteiger partial charge in [-0.2, -0.15) is 0 Å². The molecule has 3 atom stereocenters. The maximum absolute atomic E-state index is 12.4. The molecule has 0 spiro atoms. The van der Waals surface area contributed by atoms with Crippen LogP contribution in [0.4, 0.5) is 11.4 Å². The summed E-state index contributed by atoms with van der Waals surface area (Å²) in [6.45, 7) is 2.34. The van der Waals surface area contributed by atoms with Gasteiger partial charge in [0, 0.05) is 19.0 Å². The predicted molar refractivity (Wildman–Crippen MR) is 162 cm³/mol. The van der Waals surface area contributed by atoms with Crippen LogP contribution in [0.5, 0.6) is 0 Å². The molecule has 238 valence electrons. The fourth-order valence-electron chi connectivity index (χ4n) is 5.11. The maximum Gasteiger partial charge on any atom is 0.300 e. The maximum atomic E-state index is 12.4. The van der Waals surface area contributed by atoms with Crippen LogP contribution in [0.2, 0.25) is 0 Å². The van der Waals surface area contributed by atoms with Gasteiger partial charge in [0.2, 0.25) is 11.4 Å². The highest BCUT2D eigenvalue weighted by molar-refractivity contribution is 5.93. The second kappa shape index (κ2) is 21.0. The van der Waals surface area contributed by atoms with E-state index in [2.05, 4.69) is 32.5 Å². The molecule has 1 aromatic heterocycles. The number of aliphatic hydroxyl groups excluding tert-OH is 3. The molecule has 0 aliphatic rings. The average Bonchev–Trinajstić information content (AvgIpc) is 3.48. The van der Waals surface area contributed by atoms with Gasteiger partial charge in [0.05, 0.1) is 29.4 Å². The Labute approximate surface area is 248 Å². The van der Waals surface area contributed by atoms with Crippen molar-refractivity contribution in [3.63, 3.8) is 0 Å². The first-order valence-corrected chi connectivity index (χ1v) is 15.8. The van der Waals surface area contributed by atoms with Gasteiger partial charge in [-0.1, -0.05) is 90.4 Å². The number of rotatable bonds is 25. The lowest BCUT2D eigenvalue weighted by Crippen LogP contribution is -2.50. The van der Waals surface area contributed by atoms with Crippen LogP contribution in [0.3, 0.4) is 0 Å². The van der Waals surface area contributed by atoms with Gasteiger partial charge in [-0.05, 0) is 35.6 Å². The van der Waals surface area contributed by atoms with Crippen molar-refractivity contribution in [2.45, 2.75) is 134 Å². The van der Waals surface area contributed by atoms with Crippen molar-refractivity contribution in [2.75, 3.05) is 18.5 Å². The van der Waals surface area contributed by atoms with Gasteiger partial charge >= 0.3 is 5.69 Å². The topological polar surface area (TPSA) is 184 Å². The Hall–Kier alpha value is -2.83. The number of carbonyl (C=O) groups is 1. The first-order valence-electron chi connectivity index (χ1n) is 15.8. The summed E-state index contributed by atoms with van der Waals surface area (Å²) in [7, 11) is 0. The number of nitrogens with zero attached hydrogens (tertiary/aromatic N) is 3. The number of aliphatic hydroxyl groups is 3. The fraction of sp³-hybridized carbons (Fsp3) is 0.767. The van der Waals surface area contributed by atoms with Crippen LogP contribution < -0.4 is 10.6 Å². The number of nitro benzene ring substituents is 1. The van der Waals surface area contributed by atoms with Crippen molar-refractivity contribution < 1.29 is 29.7 Å². The second-order valence-corrected chi connectivity index (χ2v) is 11.2. The van der Waals surface area contributed by atoms with E-state index in [0.717, 1.165) is 32.1 Å². The van der Waals surface area contributed by atoms with Crippen LogP contribution in [0.1, 0.15) is 116 Å². The zero-order chi connectivity index (χ0) is 30.6. The Morgan fingerprint density at radius 3 is 2.12 bits per heavy atom. The molecule has 12 nitrogen and oxygen atoms in total. The van der Waals surface area contributed by atoms with E-state index in [1.54, 1.807) is 6.07 Å². The molecule has 1 aromatic carbocycles. The summed E-state index contributed by atoms with van der Waals surface area (Å²) < 4.78 is 4.65. The molecule has 1 heterocycles. The first-order chi connectivity index (χ1) is 20.4. The summed E-state index contributed by atoms with van der Waals surface area (Å²) >= 11 is 0. The third-order valence-corrected chi connectivity index (χ3v) is 7.69. The number of nitrogens with one attached hydrogen (secondary N) is 2. The highest BCUT2D eigenvalue weighted by Crippen LogP contribution is 2.28. The minimum absolute atomic E-state index is 0.0847. The molecule has 0 fully saturated rings. The van der Waals surface area contributed by atoms with Crippen molar-refractivity contribution >= 4 is 28.3 Å². The predicted octanol–water partition coefficient (Wildman–Crippen LogP) is 5.39. The lowest BCUT2D eigenvalue weighted by Gasteiger charge is -2.26. The van der Waals surface area contributed by atoms with E-state index in [1.807, 2.05) is 0 Å². The Morgan fingerprint density at radius 1 is 0.905 bits per heavy atom. The van der Waals surface area contributed by atoms with Crippen molar-refractivity contribution in [3.05, 3.63) is 22.2 Å². The lowest BCUT2D eigenvalue weighted by molar-refractivity contribution is -0.383. The number of hydrogen-bond donors (Lipinski definition) is 5. The number of aromatic nitrogens is 2. The van der Waals surface area contributed by atoms with Crippen LogP contribution in [0, 0.1) is 10.1 Å². The molecule has 0 bridgehead atoms. The minimum Gasteiger partial charge on any atom is -0.394 e. The monoisotopic (exact) mass is 593 g/mol. The Bertz CT molecular complexity index is 1030. The third-order valence-electron chi connectivity index (χ3n) is 7.69. The largest absolute Gasteiger partial charge is 0.394 e. The van der Waals surface area contributed by atoms with E-state index in [-0.39, 0.29) is 29.0 Å². The quantitative estimate of drug-likeness (QED) is 0.0568. The van der Waals surface area contributed by atoms with E-state index in [1.165, 1.54) is 63.9 Å². The molecular formula is C30H51N5O7. The number of benzene rings is 1. The summed E-state index contributed by atoms with van der Waals surface area (Å²) in [5, 5.41) is 54.8. The zero-order valence-corrected chi connectivity index (χ0v) is 25.1. The van der Waals surface area contributed by atoms with Gasteiger partial charge in [0.25, 0.3) is 0 Å². The van der Waals surface area contributed by atoms with Crippen LogP contribution >= 0.6 is 0 Å². The fourth-order valence-corrected chi connectivity index (χ4v) is 5.11. The van der Waals surface area contributed by atoms with Crippen molar-refractivity contribution in [1.29, 1.82) is 0 Å². The lowest BCUT2D eigenvalue weighted by atomic mass is 9.99. The summed E-state index contributed by atoms with van der Waals surface area (Å²) in [6.07, 6.45) is 15.1. The molecule has 0 unspecified atom stereocenters. The summed E-state index contributed by atoms with van der Waals surface area (Å²) in [5.74, 6) is -0.288. The van der Waals surface area contributed by atoms with Crippen LogP contribution in [0.15, 0.2) is 16.8 Å². The standard InChI is InChI=1S/C30H51N5O7/c1-2-3-4-5-6-7-8-9-10-11-12-14-17-26(37)30(39)24(22-36)32-27(38)18-15-13-16-21-31-23-19-20-25(35(40)41)29-28(23)33-42-34-29/h19-20,24,26,30-31,36-37,39H,2-18,21-22H2,1H3,(H,32,38)/t24-,26+,30-/m0/s1. The number of fused-ring (bicyclic) bond motifs is 1. The molecule has 0 saturated heterocycles. The molecule has 0 aliphatic heterocycles. The smallest absolute Gasteiger partial charge is 0.300 e. The summed E-state index contributed by atoms with van der Waals surface area (Å²) in [5.41, 5.74) is 0.780. The van der Waals surface area contributed by atoms with Gasteiger partial charge < -0.3 is 26.0 Å². The van der Waals surface area contributed by atoms with Crippen LogP contribution in [0.25, 0.3) is 11.0 Å². The number of unbranched alkanes of at least 4 members (excludes halogenated alkanes) is 13. The van der Waals surface area contributed by atoms with E-state index < -0.39 is 29.8 Å². The van der Waals surface area contributed by atoms with Crippen molar-refractivity contribution in [2.24, 2.45) is 0 Å². The van der Waals surface area contributed by atoms with E-state index in [9.17, 15) is 30.2 Å². The molecule has 2 rings (SSSR count). The molecule has 2 aromatic rings. The summed E-state index contributed by atoms with van der Waals surface area (Å²) in [4.78, 5) is 22.9. The van der Waals surface area contributed by atoms with Crippen molar-refractivity contribution in [1.82, 2.24) is 15.6 Å². The number of hydrogen-bond acceptors (Lipinski definition) is 10. The van der Waals surface area contributed by atoms with E-state index >= 15 is 0 Å². The zero-order valence-electron chi connectivity index (χ0n) is 25.1. The number of amides is 1. The number of nitro groups is 1. The molecule has 5 N–H and O–H groups in total. The number of carbonyl (C=O) groups excluding carboxylic acids is 1. The Balaban J connectivity index is 1.54. The Kier molecular flexibility index (Phi) is 17.6. The highest BCUT2D eigenvalue weighted by atomic mass is 16.6. The number of anilines is 1. The molecule has 42 heavy (non-hydrogen) atoms. The average molecular weight is 594 g/mol. The van der Waals surface area contributed by atoms with Crippen molar-refractivity contribution in [3.8, 4) is 0 Å². The molecule has 0 radical (unpaired) electrons. The normalized spacial score (nSPS) is 13.6. The van der Waals surface area contributed by atoms with Gasteiger partial charge in [0.15, 0.2) is 5.52 Å². The summed E-state index contributed by atoms with van der Waals surface area (Å²) in [6, 6.07) is 2.00. The van der Waals surface area contributed by atoms with Gasteiger partial charge in [0.1, 0.15) is 6.10 Å². The molecule has 1 amide bonds. The minimum atomic E-state index is -1.22. The van der Waals surface area contributed by atoms with Gasteiger partial charge in [-0.15, -0.1) is 0 Å². The van der Waals surface area contributed by atoms with E-state index in [0.29, 0.717) is 25.1 Å².